The predicted octanol–water partition coefficient (Wildman–Crippen LogP) is -12.7. The molecule has 44 nitrogen and oxygen atoms in total. The summed E-state index contributed by atoms with van der Waals surface area (Å²) >= 11 is 3.27. The Morgan fingerprint density at radius 1 is 0.595 bits per heavy atom. The Bertz CT molecular complexity index is 4430. The number of carbonyl (C=O) groups excluding carboxylic acids is 15. The molecular weight excluding hydrogens is 1660 g/mol. The summed E-state index contributed by atoms with van der Waals surface area (Å²) in [6.45, 7) is -2.18. The molecule has 1 aromatic heterocycles. The number of benzene rings is 3. The van der Waals surface area contributed by atoms with Crippen molar-refractivity contribution in [2.45, 2.75) is 199 Å². The molecule has 0 radical (unpaired) electrons. The topological polar surface area (TPSA) is 716 Å². The molecule has 0 saturated carbocycles. The van der Waals surface area contributed by atoms with Crippen LogP contribution in [0.25, 0.3) is 6.08 Å². The number of imidazole rings is 1. The highest BCUT2D eigenvalue weighted by molar-refractivity contribution is 9.10. The molecule has 7 rings (SSSR count). The number of hydrogen-bond donors (Lipinski definition) is 25. The highest BCUT2D eigenvalue weighted by Gasteiger charge is 2.49. The molecule has 1 saturated heterocycles. The van der Waals surface area contributed by atoms with Crippen LogP contribution in [0.15, 0.2) is 120 Å². The highest BCUT2D eigenvalue weighted by atomic mass is 79.9. The number of amides is 14. The number of hydrogen-bond acceptors (Lipinski definition) is 28. The minimum atomic E-state index is -2.79. The maximum atomic E-state index is 15.4. The quantitative estimate of drug-likeness (QED) is 0.0325. The zero-order chi connectivity index (χ0) is 89.4. The molecule has 121 heavy (non-hydrogen) atoms. The Morgan fingerprint density at radius 2 is 1.16 bits per heavy atom. The Morgan fingerprint density at radius 3 is 1.77 bits per heavy atom. The fourth-order valence-corrected chi connectivity index (χ4v) is 13.3. The Hall–Kier alpha value is -11.6. The molecule has 4 heterocycles. The summed E-state index contributed by atoms with van der Waals surface area (Å²) in [6, 6.07) is -1.64. The van der Waals surface area contributed by atoms with Gasteiger partial charge >= 0.3 is 0 Å². The largest absolute Gasteiger partial charge is 0.548 e. The third kappa shape index (κ3) is 27.7. The zero-order valence-electron chi connectivity index (χ0n) is 65.2. The average Bonchev–Trinajstić information content (AvgIpc) is 1.72. The molecule has 658 valence electrons. The summed E-state index contributed by atoms with van der Waals surface area (Å²) in [6.07, 6.45) is -21.8. The third-order valence-corrected chi connectivity index (χ3v) is 20.2. The monoisotopic (exact) mass is 1760 g/mol. The van der Waals surface area contributed by atoms with Crippen molar-refractivity contribution in [2.75, 3.05) is 26.4 Å². The van der Waals surface area contributed by atoms with E-state index in [0.717, 1.165) is 28.6 Å². The molecule has 3 aliphatic rings. The molecule has 45 heteroatoms. The first-order valence-corrected chi connectivity index (χ1v) is 38.6. The number of aliphatic hydroxyl groups excluding tert-OH is 11. The van der Waals surface area contributed by atoms with Gasteiger partial charge < -0.3 is 146 Å². The summed E-state index contributed by atoms with van der Waals surface area (Å²) in [4.78, 5) is 214. The smallest absolute Gasteiger partial charge is 0.251 e. The minimum absolute atomic E-state index is 0.254. The van der Waals surface area contributed by atoms with E-state index in [4.69, 9.17) is 16.2 Å². The maximum Gasteiger partial charge on any atom is 0.251 e. The van der Waals surface area contributed by atoms with Crippen LogP contribution in [0.5, 0.6) is 0 Å². The molecular formula is C76H99BrN16O28. The molecule has 1 fully saturated rings. The lowest BCUT2D eigenvalue weighted by Crippen LogP contribution is -2.64. The number of aliphatic hydroxyl groups is 11. The van der Waals surface area contributed by atoms with E-state index < -0.39 is 299 Å². The number of nitrogens with two attached hydrogens (primary N) is 2. The summed E-state index contributed by atoms with van der Waals surface area (Å²) in [5.74, 6) is -24.1. The Kier molecular flexibility index (Phi) is 36.0. The zero-order valence-corrected chi connectivity index (χ0v) is 66.8. The minimum Gasteiger partial charge on any atom is -0.548 e. The number of halogens is 1. The number of aromatic nitrogens is 2. The number of rotatable bonds is 18. The van der Waals surface area contributed by atoms with Crippen LogP contribution in [0.1, 0.15) is 81.0 Å². The molecule has 4 aromatic rings. The van der Waals surface area contributed by atoms with E-state index in [1.54, 1.807) is 60.7 Å². The molecule has 22 unspecified atom stereocenters. The van der Waals surface area contributed by atoms with Crippen LogP contribution in [0, 0.1) is 0 Å². The lowest BCUT2D eigenvalue weighted by Gasteiger charge is -2.38. The van der Waals surface area contributed by atoms with Crippen molar-refractivity contribution < 1.29 is 143 Å². The number of carboxylic acids is 1. The van der Waals surface area contributed by atoms with Crippen LogP contribution in [-0.2, 0) is 96.0 Å². The second-order valence-corrected chi connectivity index (χ2v) is 30.0. The van der Waals surface area contributed by atoms with Crippen molar-refractivity contribution in [3.63, 3.8) is 0 Å². The van der Waals surface area contributed by atoms with Gasteiger partial charge in [0.15, 0.2) is 6.10 Å². The summed E-state index contributed by atoms with van der Waals surface area (Å²) in [5.41, 5.74) is 12.3. The third-order valence-electron chi connectivity index (χ3n) is 19.7. The first-order valence-electron chi connectivity index (χ1n) is 37.8. The van der Waals surface area contributed by atoms with Crippen LogP contribution < -0.4 is 84.9 Å². The van der Waals surface area contributed by atoms with E-state index in [2.05, 4.69) is 69.1 Å². The van der Waals surface area contributed by atoms with E-state index in [9.17, 15) is 124 Å². The Labute approximate surface area is 697 Å². The molecule has 0 aliphatic carbocycles. The molecule has 27 N–H and O–H groups in total. The van der Waals surface area contributed by atoms with Crippen molar-refractivity contribution in [3.8, 4) is 0 Å². The first-order chi connectivity index (χ1) is 57.2. The van der Waals surface area contributed by atoms with E-state index in [1.807, 2.05) is 10.6 Å². The molecule has 22 atom stereocenters. The number of carbonyl (C=O) groups is 15. The van der Waals surface area contributed by atoms with Gasteiger partial charge in [0, 0.05) is 29.7 Å². The maximum absolute atomic E-state index is 15.4. The van der Waals surface area contributed by atoms with Gasteiger partial charge in [-0.15, -0.1) is 0 Å². The summed E-state index contributed by atoms with van der Waals surface area (Å²) < 4.78 is 8.13. The number of fused-ring (bicyclic) bond motifs is 2. The van der Waals surface area contributed by atoms with Crippen LogP contribution in [0.4, 0.5) is 0 Å². The van der Waals surface area contributed by atoms with Gasteiger partial charge in [-0.3, -0.25) is 67.1 Å². The van der Waals surface area contributed by atoms with Gasteiger partial charge in [-0.1, -0.05) is 119 Å². The lowest BCUT2D eigenvalue weighted by molar-refractivity contribution is -0.783. The summed E-state index contributed by atoms with van der Waals surface area (Å²) in [5, 5.41) is 163. The lowest BCUT2D eigenvalue weighted by atomic mass is 9.92. The molecule has 3 aromatic carbocycles. The van der Waals surface area contributed by atoms with E-state index in [0.29, 0.717) is 21.2 Å². The van der Waals surface area contributed by atoms with Gasteiger partial charge in [-0.25, -0.2) is 9.13 Å². The van der Waals surface area contributed by atoms with Crippen molar-refractivity contribution in [1.82, 2.24) is 68.4 Å². The van der Waals surface area contributed by atoms with Gasteiger partial charge in [-0.2, -0.15) is 0 Å². The van der Waals surface area contributed by atoms with Gasteiger partial charge in [0.1, 0.15) is 103 Å². The number of nitrogens with zero attached hydrogens (tertiary/aromatic N) is 2. The number of allylic oxidation sites excluding steroid dienone is 2. The fourth-order valence-electron chi connectivity index (χ4n) is 13.0. The van der Waals surface area contributed by atoms with Crippen LogP contribution in [0.3, 0.4) is 0 Å². The van der Waals surface area contributed by atoms with Crippen molar-refractivity contribution in [1.29, 1.82) is 0 Å². The summed E-state index contributed by atoms with van der Waals surface area (Å²) in [7, 11) is 0. The standard InChI is InChI=1S/C76H99BrN16O28/c1-34(14-15-37-10-6-4-7-11-37)20-51(99)43-26-56(103)82-49(30-94)69(113)87-48-29-92-28-41(93(33-92)75-63(107)62(106)60(104)53(32-96)121-75)22-45(66(110)90-58(36(3)97)73(117)88-50(31-95)70(114)84-44(65(109)83-43)21-38-12-8-5-9-13-38)81-55(102)24-42(98)23-47(76(119)120)86-71(115)52(100)27-80-72(116)57(35(2)39-16-18-40(77)19-17-39)89-74(118)59(61(105)64(79)108)91-67(111)46(25-54(78)101)85-68(48)112/h4-20,28,33,35-36,42-53,57-63,75,94-100,104-107H,21-27,29-32H2,1-3H3,(H16-,78,79,80,81,82,83,84,85,86,87,88,89,90,91,101,102,103,108,109,110,111,112,113,114,115,116,117,118,119,120). The second kappa shape index (κ2) is 45.2. The number of β-amino-alcohol motifs (C(OH)–C–C–N with tert-alkyl or cyclic N) is 1. The van der Waals surface area contributed by atoms with Gasteiger partial charge in [0.25, 0.3) is 5.91 Å². The SMILES string of the molecule is CC(C=Cc1ccccc1)=CC(O)C1CC(=O)NC(CO)C(=O)NC2Cn3cc([n+](C4OC(CO)C(O)C(O)C4O)c3)CC(NC(=O)CC(O)CC(C(=O)[O-])NC(=O)C(O)CNC(=O)C(C(C)c3ccc(Br)cc3)NC(=O)C(C(O)C(N)=O)NC(=O)C(CC(N)=O)NC2=O)C(=O)NC(C(C)O)C(=O)NC(CO)C(=O)NC(Cc2ccccc2)C(=O)N1. The number of primary amides is 2. The van der Waals surface area contributed by atoms with Crippen LogP contribution in [-0.4, -0.2) is 297 Å². The number of nitrogens with one attached hydrogen (secondary N) is 12. The van der Waals surface area contributed by atoms with Crippen molar-refractivity contribution >= 4 is 111 Å². The second-order valence-electron chi connectivity index (χ2n) is 29.1. The number of aliphatic carboxylic acids is 1. The number of carboxylic acid groups (broad SMARTS) is 1. The van der Waals surface area contributed by atoms with Crippen molar-refractivity contribution in [2.24, 2.45) is 11.5 Å². The highest BCUT2D eigenvalue weighted by Crippen LogP contribution is 2.27. The molecule has 4 bridgehead atoms. The predicted molar refractivity (Wildman–Crippen MR) is 415 cm³/mol. The number of ether oxygens (including phenoxy) is 1. The van der Waals surface area contributed by atoms with Gasteiger partial charge in [0.2, 0.25) is 89.3 Å². The van der Waals surface area contributed by atoms with Crippen LogP contribution in [0.2, 0.25) is 0 Å². The van der Waals surface area contributed by atoms with Crippen molar-refractivity contribution in [3.05, 3.63) is 142 Å². The van der Waals surface area contributed by atoms with E-state index in [1.165, 1.54) is 56.3 Å². The first kappa shape index (κ1) is 96.5. The molecule has 14 amide bonds. The van der Waals surface area contributed by atoms with Gasteiger partial charge in [-0.05, 0) is 49.1 Å². The van der Waals surface area contributed by atoms with Gasteiger partial charge in [0.05, 0.1) is 75.6 Å². The average molecular weight is 1760 g/mol. The normalized spacial score (nSPS) is 28.8. The van der Waals surface area contributed by atoms with Crippen LogP contribution >= 0.6 is 15.9 Å². The fraction of sp³-hybridized carbons (Fsp3) is 0.474. The van der Waals surface area contributed by atoms with E-state index in [-0.39, 0.29) is 5.56 Å². The molecule has 3 aliphatic heterocycles. The van der Waals surface area contributed by atoms with E-state index >= 15 is 9.59 Å². The Balaban J connectivity index is 1.46. The molecule has 0 spiro atoms.